The van der Waals surface area contributed by atoms with Crippen molar-refractivity contribution in [3.8, 4) is 0 Å². The van der Waals surface area contributed by atoms with E-state index in [4.69, 9.17) is 4.74 Å². The number of likely N-dealkylation sites (N-methyl/N-ethyl adjacent to an activating group) is 2. The third-order valence-corrected chi connectivity index (χ3v) is 5.33. The topological polar surface area (TPSA) is 24.5 Å². The average Bonchev–Trinajstić information content (AvgIpc) is 2.47. The lowest BCUT2D eigenvalue weighted by molar-refractivity contribution is 0.0393. The highest BCUT2D eigenvalue weighted by molar-refractivity contribution is 4.90. The maximum atomic E-state index is 5.47. The van der Waals surface area contributed by atoms with Crippen LogP contribution >= 0.6 is 0 Å². The summed E-state index contributed by atoms with van der Waals surface area (Å²) in [5.74, 6) is 1.78. The van der Waals surface area contributed by atoms with Crippen molar-refractivity contribution in [1.29, 1.82) is 0 Å². The zero-order valence-corrected chi connectivity index (χ0v) is 13.0. The van der Waals surface area contributed by atoms with Crippen LogP contribution in [0.25, 0.3) is 0 Å². The fourth-order valence-corrected chi connectivity index (χ4v) is 3.90. The second-order valence-corrected chi connectivity index (χ2v) is 6.55. The maximum absolute atomic E-state index is 5.47. The molecular formula is C16H32N2O. The number of hydrogen-bond acceptors (Lipinski definition) is 3. The molecule has 3 nitrogen and oxygen atoms in total. The van der Waals surface area contributed by atoms with E-state index in [1.165, 1.54) is 45.1 Å². The molecule has 0 amide bonds. The SMILES string of the molecule is CCC1CCC(NC)C(N(C)CC2CCOCC2)C1. The van der Waals surface area contributed by atoms with Crippen molar-refractivity contribution in [2.45, 2.75) is 57.5 Å². The van der Waals surface area contributed by atoms with Crippen molar-refractivity contribution in [2.24, 2.45) is 11.8 Å². The van der Waals surface area contributed by atoms with E-state index in [0.717, 1.165) is 31.1 Å². The van der Waals surface area contributed by atoms with E-state index < -0.39 is 0 Å². The van der Waals surface area contributed by atoms with Gasteiger partial charge in [-0.2, -0.15) is 0 Å². The van der Waals surface area contributed by atoms with Crippen molar-refractivity contribution >= 4 is 0 Å². The molecule has 19 heavy (non-hydrogen) atoms. The van der Waals surface area contributed by atoms with Crippen LogP contribution in [0.1, 0.15) is 45.4 Å². The van der Waals surface area contributed by atoms with Gasteiger partial charge in [0.2, 0.25) is 0 Å². The van der Waals surface area contributed by atoms with Gasteiger partial charge in [0.25, 0.3) is 0 Å². The number of hydrogen-bond donors (Lipinski definition) is 1. The second kappa shape index (κ2) is 7.61. The van der Waals surface area contributed by atoms with E-state index in [-0.39, 0.29) is 0 Å². The van der Waals surface area contributed by atoms with E-state index in [9.17, 15) is 0 Å². The van der Waals surface area contributed by atoms with Crippen LogP contribution in [0, 0.1) is 11.8 Å². The van der Waals surface area contributed by atoms with Crippen molar-refractivity contribution in [2.75, 3.05) is 33.9 Å². The molecule has 1 aliphatic heterocycles. The van der Waals surface area contributed by atoms with Crippen molar-refractivity contribution in [3.63, 3.8) is 0 Å². The van der Waals surface area contributed by atoms with Gasteiger partial charge >= 0.3 is 0 Å². The van der Waals surface area contributed by atoms with Gasteiger partial charge in [-0.25, -0.2) is 0 Å². The summed E-state index contributed by atoms with van der Waals surface area (Å²) in [4.78, 5) is 2.64. The molecule has 0 spiro atoms. The Morgan fingerprint density at radius 1 is 1.11 bits per heavy atom. The molecular weight excluding hydrogens is 236 g/mol. The predicted octanol–water partition coefficient (Wildman–Crippen LogP) is 2.51. The summed E-state index contributed by atoms with van der Waals surface area (Å²) in [5, 5.41) is 3.55. The van der Waals surface area contributed by atoms with Gasteiger partial charge in [-0.1, -0.05) is 13.3 Å². The van der Waals surface area contributed by atoms with E-state index in [1.807, 2.05) is 0 Å². The van der Waals surface area contributed by atoms with Gasteiger partial charge in [0.05, 0.1) is 0 Å². The van der Waals surface area contributed by atoms with Crippen molar-refractivity contribution in [3.05, 3.63) is 0 Å². The van der Waals surface area contributed by atoms with Crippen molar-refractivity contribution < 1.29 is 4.74 Å². The molecule has 0 aromatic heterocycles. The summed E-state index contributed by atoms with van der Waals surface area (Å²) in [6.07, 6.45) is 7.97. The predicted molar refractivity (Wildman–Crippen MR) is 80.4 cm³/mol. The molecule has 1 heterocycles. The molecule has 1 saturated carbocycles. The van der Waals surface area contributed by atoms with Crippen molar-refractivity contribution in [1.82, 2.24) is 10.2 Å². The quantitative estimate of drug-likeness (QED) is 0.829. The molecule has 0 aromatic rings. The van der Waals surface area contributed by atoms with E-state index in [0.29, 0.717) is 6.04 Å². The Morgan fingerprint density at radius 3 is 2.47 bits per heavy atom. The first kappa shape index (κ1) is 15.3. The van der Waals surface area contributed by atoms with E-state index >= 15 is 0 Å². The Kier molecular flexibility index (Phi) is 6.11. The van der Waals surface area contributed by atoms with Gasteiger partial charge in [-0.15, -0.1) is 0 Å². The minimum Gasteiger partial charge on any atom is -0.381 e. The van der Waals surface area contributed by atoms with Crippen LogP contribution in [0.4, 0.5) is 0 Å². The molecule has 1 aliphatic carbocycles. The Balaban J connectivity index is 1.88. The highest BCUT2D eigenvalue weighted by Gasteiger charge is 2.32. The maximum Gasteiger partial charge on any atom is 0.0469 e. The molecule has 112 valence electrons. The number of rotatable bonds is 5. The van der Waals surface area contributed by atoms with Gasteiger partial charge in [-0.05, 0) is 58.0 Å². The zero-order valence-electron chi connectivity index (χ0n) is 13.0. The number of nitrogens with zero attached hydrogens (tertiary/aromatic N) is 1. The van der Waals surface area contributed by atoms with Gasteiger partial charge in [-0.3, -0.25) is 0 Å². The zero-order chi connectivity index (χ0) is 13.7. The smallest absolute Gasteiger partial charge is 0.0469 e. The number of nitrogens with one attached hydrogen (secondary N) is 1. The molecule has 3 atom stereocenters. The largest absolute Gasteiger partial charge is 0.381 e. The molecule has 2 rings (SSSR count). The van der Waals surface area contributed by atoms with Crippen LogP contribution in [0.3, 0.4) is 0 Å². The van der Waals surface area contributed by atoms with Gasteiger partial charge in [0.1, 0.15) is 0 Å². The Bertz CT molecular complexity index is 253. The van der Waals surface area contributed by atoms with Gasteiger partial charge < -0.3 is 15.0 Å². The van der Waals surface area contributed by atoms with Crippen LogP contribution in [-0.4, -0.2) is 50.8 Å². The highest BCUT2D eigenvalue weighted by atomic mass is 16.5. The molecule has 1 saturated heterocycles. The van der Waals surface area contributed by atoms with Crippen LogP contribution in [0.2, 0.25) is 0 Å². The summed E-state index contributed by atoms with van der Waals surface area (Å²) < 4.78 is 5.47. The Morgan fingerprint density at radius 2 is 1.84 bits per heavy atom. The Hall–Kier alpha value is -0.120. The highest BCUT2D eigenvalue weighted by Crippen LogP contribution is 2.30. The molecule has 0 bridgehead atoms. The van der Waals surface area contributed by atoms with E-state index in [1.54, 1.807) is 0 Å². The first-order chi connectivity index (χ1) is 9.24. The molecule has 2 aliphatic rings. The summed E-state index contributed by atoms with van der Waals surface area (Å²) in [5.41, 5.74) is 0. The average molecular weight is 268 g/mol. The molecule has 0 aromatic carbocycles. The summed E-state index contributed by atoms with van der Waals surface area (Å²) in [7, 11) is 4.47. The molecule has 3 unspecified atom stereocenters. The molecule has 1 N–H and O–H groups in total. The lowest BCUT2D eigenvalue weighted by atomic mass is 9.80. The summed E-state index contributed by atoms with van der Waals surface area (Å²) >= 11 is 0. The lowest BCUT2D eigenvalue weighted by Gasteiger charge is -2.42. The fourth-order valence-electron chi connectivity index (χ4n) is 3.90. The Labute approximate surface area is 119 Å². The molecule has 0 radical (unpaired) electrons. The minimum absolute atomic E-state index is 0.688. The van der Waals surface area contributed by atoms with Crippen LogP contribution in [-0.2, 0) is 4.74 Å². The third kappa shape index (κ3) is 4.17. The third-order valence-electron chi connectivity index (χ3n) is 5.33. The molecule has 3 heteroatoms. The standard InChI is InChI=1S/C16H32N2O/c1-4-13-5-6-15(17-2)16(11-13)18(3)12-14-7-9-19-10-8-14/h13-17H,4-12H2,1-3H3. The first-order valence-corrected chi connectivity index (χ1v) is 8.19. The summed E-state index contributed by atoms with van der Waals surface area (Å²) in [6, 6.07) is 1.42. The first-order valence-electron chi connectivity index (χ1n) is 8.19. The van der Waals surface area contributed by atoms with E-state index in [2.05, 4.69) is 31.2 Å². The van der Waals surface area contributed by atoms with Crippen LogP contribution < -0.4 is 5.32 Å². The second-order valence-electron chi connectivity index (χ2n) is 6.55. The van der Waals surface area contributed by atoms with Gasteiger partial charge in [0.15, 0.2) is 0 Å². The monoisotopic (exact) mass is 268 g/mol. The molecule has 2 fully saturated rings. The minimum atomic E-state index is 0.688. The number of ether oxygens (including phenoxy) is 1. The van der Waals surface area contributed by atoms with Crippen LogP contribution in [0.15, 0.2) is 0 Å². The van der Waals surface area contributed by atoms with Gasteiger partial charge in [0, 0.05) is 31.8 Å². The summed E-state index contributed by atoms with van der Waals surface area (Å²) in [6.45, 7) is 5.54. The van der Waals surface area contributed by atoms with Crippen LogP contribution in [0.5, 0.6) is 0 Å². The lowest BCUT2D eigenvalue weighted by Crippen LogP contribution is -2.52. The normalized spacial score (nSPS) is 33.8. The fraction of sp³-hybridized carbons (Fsp3) is 1.00.